The molecule has 26 heavy (non-hydrogen) atoms. The summed E-state index contributed by atoms with van der Waals surface area (Å²) in [6, 6.07) is 13.5. The lowest BCUT2D eigenvalue weighted by molar-refractivity contribution is -0.131. The van der Waals surface area contributed by atoms with Crippen LogP contribution in [0.5, 0.6) is 0 Å². The Bertz CT molecular complexity index is 983. The number of hydrogen-bond donors (Lipinski definition) is 1. The van der Waals surface area contributed by atoms with E-state index in [0.717, 1.165) is 5.56 Å². The maximum Gasteiger partial charge on any atom is 0.242 e. The quantitative estimate of drug-likeness (QED) is 0.668. The molecule has 2 aromatic carbocycles. The summed E-state index contributed by atoms with van der Waals surface area (Å²) in [5.74, 6) is -0.00537. The van der Waals surface area contributed by atoms with Crippen molar-refractivity contribution in [1.82, 2.24) is 19.7 Å². The summed E-state index contributed by atoms with van der Waals surface area (Å²) >= 11 is 11.2. The lowest BCUT2D eigenvalue weighted by Gasteiger charge is -2.18. The van der Waals surface area contributed by atoms with Crippen molar-refractivity contribution in [1.29, 1.82) is 0 Å². The molecule has 134 valence electrons. The lowest BCUT2D eigenvalue weighted by atomic mass is 10.2. The van der Waals surface area contributed by atoms with Gasteiger partial charge in [-0.1, -0.05) is 29.8 Å². The number of hydrogen-bond acceptors (Lipinski definition) is 3. The second kappa shape index (κ2) is 7.80. The molecule has 0 radical (unpaired) electrons. The molecule has 8 heteroatoms. The Kier molecular flexibility index (Phi) is 5.49. The van der Waals surface area contributed by atoms with Gasteiger partial charge >= 0.3 is 0 Å². The van der Waals surface area contributed by atoms with Crippen LogP contribution in [-0.4, -0.2) is 32.6 Å². The minimum absolute atomic E-state index is 0.00174. The van der Waals surface area contributed by atoms with E-state index in [1.165, 1.54) is 11.0 Å². The number of benzene rings is 2. The van der Waals surface area contributed by atoms with E-state index in [1.54, 1.807) is 54.1 Å². The van der Waals surface area contributed by atoms with Gasteiger partial charge in [0.1, 0.15) is 12.4 Å². The minimum Gasteiger partial charge on any atom is -0.340 e. The maximum atomic E-state index is 13.8. The molecule has 0 saturated carbocycles. The second-order valence-electron chi connectivity index (χ2n) is 5.79. The molecule has 0 aliphatic carbocycles. The Morgan fingerprint density at radius 1 is 1.27 bits per heavy atom. The van der Waals surface area contributed by atoms with Gasteiger partial charge in [0, 0.05) is 29.7 Å². The number of likely N-dealkylation sites (N-methyl/N-ethyl adjacent to an activating group) is 1. The topological polar surface area (TPSA) is 53.9 Å². The fourth-order valence-corrected chi connectivity index (χ4v) is 2.83. The summed E-state index contributed by atoms with van der Waals surface area (Å²) in [6.45, 7) is 0.172. The molecule has 0 atom stereocenters. The van der Waals surface area contributed by atoms with Crippen molar-refractivity contribution in [3.8, 4) is 11.4 Å². The average molecular weight is 391 g/mol. The summed E-state index contributed by atoms with van der Waals surface area (Å²) in [7, 11) is 1.63. The Morgan fingerprint density at radius 2 is 1.96 bits per heavy atom. The second-order valence-corrected chi connectivity index (χ2v) is 6.61. The Hall–Kier alpha value is -2.51. The van der Waals surface area contributed by atoms with Crippen LogP contribution in [0.15, 0.2) is 48.5 Å². The zero-order valence-corrected chi connectivity index (χ0v) is 15.5. The van der Waals surface area contributed by atoms with Gasteiger partial charge < -0.3 is 4.90 Å². The van der Waals surface area contributed by atoms with Crippen LogP contribution in [0.3, 0.4) is 0 Å². The lowest BCUT2D eigenvalue weighted by Crippen LogP contribution is -2.30. The zero-order chi connectivity index (χ0) is 18.7. The smallest absolute Gasteiger partial charge is 0.242 e. The van der Waals surface area contributed by atoms with Gasteiger partial charge in [0.2, 0.25) is 5.91 Å². The van der Waals surface area contributed by atoms with Crippen LogP contribution in [0.2, 0.25) is 5.02 Å². The molecule has 1 heterocycles. The predicted octanol–water partition coefficient (Wildman–Crippen LogP) is 4.06. The van der Waals surface area contributed by atoms with Gasteiger partial charge in [0.15, 0.2) is 10.6 Å². The summed E-state index contributed by atoms with van der Waals surface area (Å²) < 4.78 is 15.7. The van der Waals surface area contributed by atoms with Crippen LogP contribution < -0.4 is 0 Å². The normalized spacial score (nSPS) is 10.7. The standard InChI is InChI=1S/C18H16ClFN4OS/c1-23(10-13-4-2-3-5-15(13)20)16(25)11-24-17(21-22-18(24)26)12-6-8-14(19)9-7-12/h2-9H,10-11H2,1H3,(H,22,26). The Balaban J connectivity index is 1.79. The van der Waals surface area contributed by atoms with Gasteiger partial charge in [-0.2, -0.15) is 5.10 Å². The first kappa shape index (κ1) is 18.3. The number of halogens is 2. The van der Waals surface area contributed by atoms with Crippen LogP contribution in [0.4, 0.5) is 4.39 Å². The van der Waals surface area contributed by atoms with Crippen molar-refractivity contribution in [3.05, 3.63) is 69.7 Å². The number of carbonyl (C=O) groups is 1. The first-order valence-electron chi connectivity index (χ1n) is 7.84. The molecule has 0 spiro atoms. The fraction of sp³-hybridized carbons (Fsp3) is 0.167. The average Bonchev–Trinajstić information content (AvgIpc) is 2.98. The number of H-pyrrole nitrogens is 1. The van der Waals surface area contributed by atoms with E-state index in [9.17, 15) is 9.18 Å². The highest BCUT2D eigenvalue weighted by molar-refractivity contribution is 7.71. The van der Waals surface area contributed by atoms with Crippen molar-refractivity contribution in [3.63, 3.8) is 0 Å². The monoisotopic (exact) mass is 390 g/mol. The molecule has 3 rings (SSSR count). The van der Waals surface area contributed by atoms with Gasteiger partial charge in [-0.15, -0.1) is 0 Å². The summed E-state index contributed by atoms with van der Waals surface area (Å²) in [5.41, 5.74) is 1.24. The van der Waals surface area contributed by atoms with Crippen molar-refractivity contribution < 1.29 is 9.18 Å². The number of nitrogens with one attached hydrogen (secondary N) is 1. The van der Waals surface area contributed by atoms with Crippen LogP contribution in [0.25, 0.3) is 11.4 Å². The molecule has 0 bridgehead atoms. The van der Waals surface area contributed by atoms with Crippen molar-refractivity contribution in [2.45, 2.75) is 13.1 Å². The van der Waals surface area contributed by atoms with Gasteiger partial charge in [0.25, 0.3) is 0 Å². The molecule has 0 unspecified atom stereocenters. The molecule has 0 fully saturated rings. The largest absolute Gasteiger partial charge is 0.340 e. The van der Waals surface area contributed by atoms with E-state index in [1.807, 2.05) is 0 Å². The third-order valence-electron chi connectivity index (χ3n) is 3.95. The molecule has 0 aliphatic heterocycles. The first-order chi connectivity index (χ1) is 12.5. The molecule has 1 N–H and O–H groups in total. The van der Waals surface area contributed by atoms with E-state index < -0.39 is 0 Å². The molecule has 1 amide bonds. The van der Waals surface area contributed by atoms with Crippen molar-refractivity contribution in [2.24, 2.45) is 0 Å². The molecule has 1 aromatic heterocycles. The predicted molar refractivity (Wildman–Crippen MR) is 101 cm³/mol. The Labute approximate surface area is 160 Å². The number of aromatic nitrogens is 3. The maximum absolute atomic E-state index is 13.8. The fourth-order valence-electron chi connectivity index (χ4n) is 2.51. The van der Waals surface area contributed by atoms with Crippen molar-refractivity contribution in [2.75, 3.05) is 7.05 Å². The number of carbonyl (C=O) groups excluding carboxylic acids is 1. The van der Waals surface area contributed by atoms with Crippen LogP contribution >= 0.6 is 23.8 Å². The highest BCUT2D eigenvalue weighted by Crippen LogP contribution is 2.20. The highest BCUT2D eigenvalue weighted by atomic mass is 35.5. The van der Waals surface area contributed by atoms with Gasteiger partial charge in [-0.3, -0.25) is 14.5 Å². The van der Waals surface area contributed by atoms with E-state index in [2.05, 4.69) is 10.2 Å². The van der Waals surface area contributed by atoms with Crippen molar-refractivity contribution >= 4 is 29.7 Å². The SMILES string of the molecule is CN(Cc1ccccc1F)C(=O)Cn1c(-c2ccc(Cl)cc2)n[nH]c1=S. The molecular formula is C18H16ClFN4OS. The first-order valence-corrected chi connectivity index (χ1v) is 8.63. The van der Waals surface area contributed by atoms with Crippen LogP contribution in [0.1, 0.15) is 5.56 Å². The molecular weight excluding hydrogens is 375 g/mol. The third kappa shape index (κ3) is 4.00. The highest BCUT2D eigenvalue weighted by Gasteiger charge is 2.16. The van der Waals surface area contributed by atoms with Gasteiger partial charge in [-0.25, -0.2) is 4.39 Å². The van der Waals surface area contributed by atoms with E-state index >= 15 is 0 Å². The number of amides is 1. The van der Waals surface area contributed by atoms with Crippen LogP contribution in [-0.2, 0) is 17.9 Å². The third-order valence-corrected chi connectivity index (χ3v) is 4.51. The van der Waals surface area contributed by atoms with E-state index in [-0.39, 0.29) is 24.8 Å². The summed E-state index contributed by atoms with van der Waals surface area (Å²) in [5, 5.41) is 7.51. The van der Waals surface area contributed by atoms with E-state index in [0.29, 0.717) is 21.2 Å². The Morgan fingerprint density at radius 3 is 2.65 bits per heavy atom. The van der Waals surface area contributed by atoms with Crippen LogP contribution in [0, 0.1) is 10.6 Å². The molecule has 0 saturated heterocycles. The number of aromatic amines is 1. The minimum atomic E-state index is -0.339. The molecule has 3 aromatic rings. The molecule has 0 aliphatic rings. The summed E-state index contributed by atoms with van der Waals surface area (Å²) in [4.78, 5) is 14.0. The number of rotatable bonds is 5. The van der Waals surface area contributed by atoms with Gasteiger partial charge in [-0.05, 0) is 42.5 Å². The summed E-state index contributed by atoms with van der Waals surface area (Å²) in [6.07, 6.45) is 0. The van der Waals surface area contributed by atoms with E-state index in [4.69, 9.17) is 23.8 Å². The molecule has 5 nitrogen and oxygen atoms in total. The zero-order valence-electron chi connectivity index (χ0n) is 13.9. The number of nitrogens with zero attached hydrogens (tertiary/aromatic N) is 3. The van der Waals surface area contributed by atoms with Gasteiger partial charge in [0.05, 0.1) is 0 Å².